The number of benzene rings is 2. The first-order chi connectivity index (χ1) is 10.2. The molecule has 0 radical (unpaired) electrons. The van der Waals surface area contributed by atoms with Gasteiger partial charge in [0.2, 0.25) is 0 Å². The lowest BCUT2D eigenvalue weighted by Gasteiger charge is -2.14. The summed E-state index contributed by atoms with van der Waals surface area (Å²) in [4.78, 5) is 0. The molecule has 0 spiro atoms. The molecule has 2 aromatic carbocycles. The van der Waals surface area contributed by atoms with E-state index in [9.17, 15) is 5.11 Å². The van der Waals surface area contributed by atoms with E-state index in [2.05, 4.69) is 6.92 Å². The maximum absolute atomic E-state index is 9.85. The molecule has 4 heteroatoms. The molecule has 0 heterocycles. The van der Waals surface area contributed by atoms with E-state index in [0.717, 1.165) is 12.2 Å². The third-order valence-corrected chi connectivity index (χ3v) is 3.10. The summed E-state index contributed by atoms with van der Waals surface area (Å²) in [5.41, 5.74) is 7.53. The Bertz CT molecular complexity index is 537. The Balaban J connectivity index is 1.73. The Morgan fingerprint density at radius 3 is 1.86 bits per heavy atom. The van der Waals surface area contributed by atoms with Crippen molar-refractivity contribution < 1.29 is 14.6 Å². The van der Waals surface area contributed by atoms with E-state index in [0.29, 0.717) is 11.4 Å². The SMILES string of the molecule is CCc1ccc(OCC(O)COc2ccc(N)cc2)cc1. The number of aliphatic hydroxyl groups is 1. The van der Waals surface area contributed by atoms with Gasteiger partial charge in [-0.15, -0.1) is 0 Å². The second-order valence-corrected chi connectivity index (χ2v) is 4.84. The van der Waals surface area contributed by atoms with Crippen molar-refractivity contribution in [3.63, 3.8) is 0 Å². The fraction of sp³-hybridized carbons (Fsp3) is 0.294. The molecule has 0 aliphatic rings. The molecule has 3 N–H and O–H groups in total. The van der Waals surface area contributed by atoms with Gasteiger partial charge in [0.1, 0.15) is 30.8 Å². The zero-order valence-corrected chi connectivity index (χ0v) is 12.2. The summed E-state index contributed by atoms with van der Waals surface area (Å²) in [5, 5.41) is 9.85. The topological polar surface area (TPSA) is 64.7 Å². The van der Waals surface area contributed by atoms with Crippen LogP contribution < -0.4 is 15.2 Å². The minimum absolute atomic E-state index is 0.178. The van der Waals surface area contributed by atoms with Crippen molar-refractivity contribution in [3.05, 3.63) is 54.1 Å². The molecular weight excluding hydrogens is 266 g/mol. The van der Waals surface area contributed by atoms with Gasteiger partial charge in [-0.3, -0.25) is 0 Å². The Kier molecular flexibility index (Phi) is 5.46. The second-order valence-electron chi connectivity index (χ2n) is 4.84. The zero-order valence-electron chi connectivity index (χ0n) is 12.2. The number of rotatable bonds is 7. The first-order valence-electron chi connectivity index (χ1n) is 7.05. The quantitative estimate of drug-likeness (QED) is 0.768. The molecule has 2 aromatic rings. The van der Waals surface area contributed by atoms with Crippen LogP contribution >= 0.6 is 0 Å². The number of hydrogen-bond acceptors (Lipinski definition) is 4. The molecule has 4 nitrogen and oxygen atoms in total. The number of ether oxygens (including phenoxy) is 2. The van der Waals surface area contributed by atoms with E-state index in [4.69, 9.17) is 15.2 Å². The summed E-state index contributed by atoms with van der Waals surface area (Å²) in [5.74, 6) is 1.43. The molecule has 0 aromatic heterocycles. The molecule has 21 heavy (non-hydrogen) atoms. The van der Waals surface area contributed by atoms with Gasteiger partial charge in [-0.05, 0) is 48.4 Å². The summed E-state index contributed by atoms with van der Waals surface area (Å²) in [6.07, 6.45) is 0.312. The van der Waals surface area contributed by atoms with Gasteiger partial charge >= 0.3 is 0 Å². The maximum atomic E-state index is 9.85. The third-order valence-electron chi connectivity index (χ3n) is 3.10. The average Bonchev–Trinajstić information content (AvgIpc) is 2.53. The summed E-state index contributed by atoms with van der Waals surface area (Å²) < 4.78 is 11.0. The molecular formula is C17H21NO3. The Morgan fingerprint density at radius 1 is 0.905 bits per heavy atom. The van der Waals surface area contributed by atoms with Crippen LogP contribution in [0.5, 0.6) is 11.5 Å². The van der Waals surface area contributed by atoms with Crippen molar-refractivity contribution in [2.24, 2.45) is 0 Å². The van der Waals surface area contributed by atoms with Crippen LogP contribution in [-0.4, -0.2) is 24.4 Å². The summed E-state index contributed by atoms with van der Waals surface area (Å²) in [7, 11) is 0. The highest BCUT2D eigenvalue weighted by Crippen LogP contribution is 2.14. The van der Waals surface area contributed by atoms with Crippen molar-refractivity contribution in [1.29, 1.82) is 0 Å². The van der Waals surface area contributed by atoms with Crippen LogP contribution in [0, 0.1) is 0 Å². The van der Waals surface area contributed by atoms with Crippen molar-refractivity contribution in [3.8, 4) is 11.5 Å². The highest BCUT2D eigenvalue weighted by Gasteiger charge is 2.06. The minimum atomic E-state index is -0.687. The molecule has 2 rings (SSSR count). The smallest absolute Gasteiger partial charge is 0.122 e. The number of aliphatic hydroxyl groups excluding tert-OH is 1. The van der Waals surface area contributed by atoms with E-state index in [1.54, 1.807) is 24.3 Å². The van der Waals surface area contributed by atoms with Gasteiger partial charge in [-0.2, -0.15) is 0 Å². The monoisotopic (exact) mass is 287 g/mol. The van der Waals surface area contributed by atoms with Crippen LogP contribution in [0.1, 0.15) is 12.5 Å². The molecule has 0 saturated carbocycles. The average molecular weight is 287 g/mol. The Hall–Kier alpha value is -2.20. The molecule has 0 aliphatic heterocycles. The van der Waals surface area contributed by atoms with Crippen molar-refractivity contribution in [1.82, 2.24) is 0 Å². The van der Waals surface area contributed by atoms with Gasteiger partial charge in [-0.25, -0.2) is 0 Å². The molecule has 1 unspecified atom stereocenters. The van der Waals surface area contributed by atoms with E-state index in [1.165, 1.54) is 5.56 Å². The number of nitrogens with two attached hydrogens (primary N) is 1. The fourth-order valence-electron chi connectivity index (χ4n) is 1.82. The maximum Gasteiger partial charge on any atom is 0.122 e. The van der Waals surface area contributed by atoms with Crippen LogP contribution in [0.25, 0.3) is 0 Å². The van der Waals surface area contributed by atoms with Crippen molar-refractivity contribution in [2.75, 3.05) is 18.9 Å². The number of hydrogen-bond donors (Lipinski definition) is 2. The van der Waals surface area contributed by atoms with E-state index in [1.807, 2.05) is 24.3 Å². The van der Waals surface area contributed by atoms with E-state index < -0.39 is 6.10 Å². The first-order valence-corrected chi connectivity index (χ1v) is 7.05. The van der Waals surface area contributed by atoms with Crippen LogP contribution in [0.2, 0.25) is 0 Å². The van der Waals surface area contributed by atoms with Crippen molar-refractivity contribution in [2.45, 2.75) is 19.4 Å². The van der Waals surface area contributed by atoms with E-state index in [-0.39, 0.29) is 13.2 Å². The highest BCUT2D eigenvalue weighted by atomic mass is 16.5. The number of nitrogen functional groups attached to an aromatic ring is 1. The largest absolute Gasteiger partial charge is 0.491 e. The fourth-order valence-corrected chi connectivity index (χ4v) is 1.82. The standard InChI is InChI=1S/C17H21NO3/c1-2-13-3-7-16(8-4-13)20-11-15(19)12-21-17-9-5-14(18)6-10-17/h3-10,15,19H,2,11-12,18H2,1H3. The first kappa shape index (κ1) is 15.2. The van der Waals surface area contributed by atoms with Crippen LogP contribution in [-0.2, 0) is 6.42 Å². The summed E-state index contributed by atoms with van der Waals surface area (Å²) in [6.45, 7) is 2.48. The van der Waals surface area contributed by atoms with Gasteiger partial charge in [0, 0.05) is 5.69 Å². The molecule has 0 amide bonds. The van der Waals surface area contributed by atoms with Gasteiger partial charge in [0.25, 0.3) is 0 Å². The molecule has 112 valence electrons. The van der Waals surface area contributed by atoms with Gasteiger partial charge in [-0.1, -0.05) is 19.1 Å². The lowest BCUT2D eigenvalue weighted by Crippen LogP contribution is -2.25. The summed E-state index contributed by atoms with van der Waals surface area (Å²) >= 11 is 0. The van der Waals surface area contributed by atoms with Crippen LogP contribution in [0.3, 0.4) is 0 Å². The Labute approximate surface area is 125 Å². The van der Waals surface area contributed by atoms with Crippen LogP contribution in [0.4, 0.5) is 5.69 Å². The lowest BCUT2D eigenvalue weighted by molar-refractivity contribution is 0.0626. The molecule has 0 fully saturated rings. The molecule has 0 aliphatic carbocycles. The van der Waals surface area contributed by atoms with Gasteiger partial charge in [0.05, 0.1) is 0 Å². The Morgan fingerprint density at radius 2 is 1.38 bits per heavy atom. The van der Waals surface area contributed by atoms with Gasteiger partial charge < -0.3 is 20.3 Å². The van der Waals surface area contributed by atoms with Crippen LogP contribution in [0.15, 0.2) is 48.5 Å². The molecule has 0 bridgehead atoms. The number of aryl methyl sites for hydroxylation is 1. The van der Waals surface area contributed by atoms with Crippen molar-refractivity contribution >= 4 is 5.69 Å². The predicted octanol–water partition coefficient (Wildman–Crippen LogP) is 2.65. The van der Waals surface area contributed by atoms with Gasteiger partial charge in [0.15, 0.2) is 0 Å². The third kappa shape index (κ3) is 5.00. The molecule has 0 saturated heterocycles. The lowest BCUT2D eigenvalue weighted by atomic mass is 10.2. The normalized spacial score (nSPS) is 11.9. The van der Waals surface area contributed by atoms with E-state index >= 15 is 0 Å². The molecule has 1 atom stereocenters. The predicted molar refractivity (Wildman–Crippen MR) is 83.7 cm³/mol. The highest BCUT2D eigenvalue weighted by molar-refractivity contribution is 5.41. The number of anilines is 1. The summed E-state index contributed by atoms with van der Waals surface area (Å²) in [6, 6.07) is 14.9. The second kappa shape index (κ2) is 7.55. The minimum Gasteiger partial charge on any atom is -0.491 e. The zero-order chi connectivity index (χ0) is 15.1.